The first-order valence-corrected chi connectivity index (χ1v) is 20.1. The van der Waals surface area contributed by atoms with Gasteiger partial charge in [-0.25, -0.2) is 0 Å². The molecule has 3 aliphatic heterocycles. The Morgan fingerprint density at radius 1 is 0.965 bits per heavy atom. The van der Waals surface area contributed by atoms with Crippen LogP contribution in [0.15, 0.2) is 24.3 Å². The van der Waals surface area contributed by atoms with E-state index in [2.05, 4.69) is 0 Å². The molecule has 16 atom stereocenters. The average Bonchev–Trinajstić information content (AvgIpc) is 3.13. The molecule has 2 saturated heterocycles. The number of hydrogen-bond acceptors (Lipinski definition) is 16. The number of allylic oxidation sites excluding steroid dienone is 2. The van der Waals surface area contributed by atoms with Crippen molar-refractivity contribution in [2.45, 2.75) is 179 Å². The number of carbonyl (C=O) groups excluding carboxylic acids is 4. The van der Waals surface area contributed by atoms with E-state index in [9.17, 15) is 34.5 Å². The molecule has 0 unspecified atom stereocenters. The zero-order chi connectivity index (χ0) is 42.6. The molecular formula is C41H67NO15. The van der Waals surface area contributed by atoms with Crippen LogP contribution in [0.25, 0.3) is 0 Å². The second-order valence-corrected chi connectivity index (χ2v) is 16.0. The van der Waals surface area contributed by atoms with Crippen molar-refractivity contribution in [3.05, 3.63) is 24.3 Å². The summed E-state index contributed by atoms with van der Waals surface area (Å²) in [5, 5.41) is 34.5. The maximum absolute atomic E-state index is 13.3. The summed E-state index contributed by atoms with van der Waals surface area (Å²) < 4.78 is 48.5. The molecular weight excluding hydrogens is 746 g/mol. The third-order valence-electron chi connectivity index (χ3n) is 10.9. The van der Waals surface area contributed by atoms with Crippen LogP contribution in [0, 0.1) is 11.8 Å². The largest absolute Gasteiger partial charge is 0.462 e. The van der Waals surface area contributed by atoms with E-state index in [4.69, 9.17) is 37.9 Å². The van der Waals surface area contributed by atoms with Crippen molar-refractivity contribution < 1.29 is 72.4 Å². The van der Waals surface area contributed by atoms with Crippen LogP contribution in [0.1, 0.15) is 93.4 Å². The second-order valence-electron chi connectivity index (χ2n) is 16.0. The van der Waals surface area contributed by atoms with Crippen molar-refractivity contribution in [2.75, 3.05) is 21.2 Å². The van der Waals surface area contributed by atoms with Gasteiger partial charge in [-0.2, -0.15) is 0 Å². The number of aldehydes is 1. The third kappa shape index (κ3) is 13.6. The van der Waals surface area contributed by atoms with E-state index in [0.29, 0.717) is 12.7 Å². The van der Waals surface area contributed by atoms with Crippen LogP contribution >= 0.6 is 0 Å². The van der Waals surface area contributed by atoms with Crippen LogP contribution < -0.4 is 0 Å². The predicted octanol–water partition coefficient (Wildman–Crippen LogP) is 2.77. The van der Waals surface area contributed by atoms with Gasteiger partial charge in [0.1, 0.15) is 42.4 Å². The van der Waals surface area contributed by atoms with Gasteiger partial charge < -0.3 is 62.9 Å². The molecule has 0 saturated carbocycles. The smallest absolute Gasteiger partial charge is 0.309 e. The van der Waals surface area contributed by atoms with Crippen LogP contribution in [0.5, 0.6) is 0 Å². The second kappa shape index (κ2) is 22.5. The highest BCUT2D eigenvalue weighted by Crippen LogP contribution is 2.37. The Morgan fingerprint density at radius 2 is 1.63 bits per heavy atom. The van der Waals surface area contributed by atoms with E-state index >= 15 is 0 Å². The Balaban J connectivity index is 2.01. The molecule has 3 rings (SSSR count). The van der Waals surface area contributed by atoms with E-state index in [1.807, 2.05) is 13.0 Å². The Morgan fingerprint density at radius 3 is 2.23 bits per heavy atom. The predicted molar refractivity (Wildman–Crippen MR) is 205 cm³/mol. The number of methoxy groups -OCH3 is 1. The number of hydrogen-bond donors (Lipinski definition) is 3. The number of ether oxygens (including phenoxy) is 8. The Kier molecular flexibility index (Phi) is 19.2. The Bertz CT molecular complexity index is 1350. The quantitative estimate of drug-likeness (QED) is 0.147. The van der Waals surface area contributed by atoms with Crippen molar-refractivity contribution >= 4 is 24.2 Å². The van der Waals surface area contributed by atoms with Crippen molar-refractivity contribution in [1.82, 2.24) is 4.90 Å². The topological polar surface area (TPSA) is 206 Å². The van der Waals surface area contributed by atoms with Gasteiger partial charge in [-0.05, 0) is 60.0 Å². The minimum absolute atomic E-state index is 0.000633. The fraction of sp³-hybridized carbons (Fsp3) is 0.805. The SMILES string of the molecule is CCC(=O)O[C@H]1CC(=O)O[C@@H](C)C/C=C/C=C/[C@@H](O)[C@@H](C)C[C@@H](CC=O)[C@@H](O[C@H]2O[C@@H](C)[C@H](O[C@@H]3C[C@](C)(O)[C@H](OC(=O)CC)[C@@H](C)O3)[C@@H](N(C)C)[C@@H]2O)[C@@H]1OC. The molecule has 0 aromatic rings. The zero-order valence-corrected chi connectivity index (χ0v) is 35.2. The van der Waals surface area contributed by atoms with Crippen molar-refractivity contribution in [1.29, 1.82) is 0 Å². The number of esters is 3. The standard InChI is InChI=1S/C41H67NO15/c1-11-30(45)54-29-21-32(47)51-24(4)16-14-13-15-17-28(44)23(3)20-27(18-19-43)37(38(29)50-10)57-40-35(48)34(42(8)9)36(25(5)53-40)56-33-22-41(7,49)39(26(6)52-33)55-31(46)12-2/h13-15,17,19,23-29,33-40,44,48-49H,11-12,16,18,20-22H2,1-10H3/b14-13+,17-15+/t23-,24-,25-,26+,27+,28+,29-,33+,34-,35-,36-,37+,38+,39+,40+,41-/m0/s1. The van der Waals surface area contributed by atoms with Gasteiger partial charge >= 0.3 is 17.9 Å². The van der Waals surface area contributed by atoms with Crippen molar-refractivity contribution in [2.24, 2.45) is 11.8 Å². The molecule has 3 N–H and O–H groups in total. The van der Waals surface area contributed by atoms with Crippen molar-refractivity contribution in [3.63, 3.8) is 0 Å². The molecule has 2 fully saturated rings. The number of carbonyl (C=O) groups is 4. The summed E-state index contributed by atoms with van der Waals surface area (Å²) in [6, 6.07) is -0.779. The average molecular weight is 814 g/mol. The van der Waals surface area contributed by atoms with Gasteiger partial charge in [-0.15, -0.1) is 0 Å². The first-order chi connectivity index (χ1) is 26.9. The third-order valence-corrected chi connectivity index (χ3v) is 10.9. The van der Waals surface area contributed by atoms with Crippen LogP contribution in [0.4, 0.5) is 0 Å². The van der Waals surface area contributed by atoms with E-state index in [1.165, 1.54) is 7.11 Å². The molecule has 0 amide bonds. The minimum Gasteiger partial charge on any atom is -0.462 e. The lowest BCUT2D eigenvalue weighted by Crippen LogP contribution is -2.66. The summed E-state index contributed by atoms with van der Waals surface area (Å²) in [6.07, 6.45) is -4.08. The van der Waals surface area contributed by atoms with Crippen LogP contribution in [0.2, 0.25) is 0 Å². The summed E-state index contributed by atoms with van der Waals surface area (Å²) in [4.78, 5) is 52.3. The summed E-state index contributed by atoms with van der Waals surface area (Å²) in [5.74, 6) is -2.82. The number of aliphatic hydroxyl groups is 3. The van der Waals surface area contributed by atoms with Crippen LogP contribution in [-0.4, -0.2) is 151 Å². The van der Waals surface area contributed by atoms with Gasteiger partial charge in [-0.3, -0.25) is 14.4 Å². The number of aliphatic hydroxyl groups excluding tert-OH is 2. The van der Waals surface area contributed by atoms with E-state index in [0.717, 1.165) is 0 Å². The number of rotatable bonds is 12. The fourth-order valence-electron chi connectivity index (χ4n) is 7.82. The molecule has 16 heteroatoms. The summed E-state index contributed by atoms with van der Waals surface area (Å²) >= 11 is 0. The van der Waals surface area contributed by atoms with E-state index < -0.39 is 121 Å². The number of cyclic esters (lactones) is 1. The monoisotopic (exact) mass is 813 g/mol. The molecule has 3 aliphatic rings. The minimum atomic E-state index is -1.49. The van der Waals surface area contributed by atoms with Gasteiger partial charge in [0, 0.05) is 39.2 Å². The molecule has 0 bridgehead atoms. The highest BCUT2D eigenvalue weighted by molar-refractivity contribution is 5.72. The Hall–Kier alpha value is -2.80. The fourth-order valence-corrected chi connectivity index (χ4v) is 7.82. The van der Waals surface area contributed by atoms with Gasteiger partial charge in [0.05, 0.1) is 36.9 Å². The summed E-state index contributed by atoms with van der Waals surface area (Å²) in [5.41, 5.74) is -1.49. The highest BCUT2D eigenvalue weighted by atomic mass is 16.7. The molecule has 0 radical (unpaired) electrons. The molecule has 0 spiro atoms. The summed E-state index contributed by atoms with van der Waals surface area (Å²) in [7, 11) is 4.86. The lowest BCUT2D eigenvalue weighted by Gasteiger charge is -2.50. The number of nitrogens with zero attached hydrogens (tertiary/aromatic N) is 1. The highest BCUT2D eigenvalue weighted by Gasteiger charge is 2.53. The summed E-state index contributed by atoms with van der Waals surface area (Å²) in [6.45, 7) is 11.8. The van der Waals surface area contributed by atoms with Crippen LogP contribution in [-0.2, 0) is 57.1 Å². The van der Waals surface area contributed by atoms with Gasteiger partial charge in [0.15, 0.2) is 18.7 Å². The molecule has 57 heavy (non-hydrogen) atoms. The molecule has 16 nitrogen and oxygen atoms in total. The lowest BCUT2D eigenvalue weighted by molar-refractivity contribution is -0.344. The Labute approximate surface area is 337 Å². The maximum atomic E-state index is 13.3. The van der Waals surface area contributed by atoms with Crippen LogP contribution in [0.3, 0.4) is 0 Å². The van der Waals surface area contributed by atoms with Gasteiger partial charge in [0.2, 0.25) is 0 Å². The van der Waals surface area contributed by atoms with E-state index in [-0.39, 0.29) is 32.1 Å². The number of likely N-dealkylation sites (N-methyl/N-ethyl adjacent to an activating group) is 1. The molecule has 0 aromatic carbocycles. The van der Waals surface area contributed by atoms with E-state index in [1.54, 1.807) is 78.8 Å². The zero-order valence-electron chi connectivity index (χ0n) is 35.2. The molecule has 0 aliphatic carbocycles. The molecule has 3 heterocycles. The molecule has 326 valence electrons. The lowest BCUT2D eigenvalue weighted by atomic mass is 9.82. The molecule has 0 aromatic heterocycles. The van der Waals surface area contributed by atoms with Gasteiger partial charge in [0.25, 0.3) is 0 Å². The first-order valence-electron chi connectivity index (χ1n) is 20.1. The van der Waals surface area contributed by atoms with Crippen molar-refractivity contribution in [3.8, 4) is 0 Å². The normalized spacial score (nSPS) is 41.1. The van der Waals surface area contributed by atoms with Gasteiger partial charge in [-0.1, -0.05) is 45.1 Å². The first kappa shape index (κ1) is 48.6. The maximum Gasteiger partial charge on any atom is 0.309 e.